The van der Waals surface area contributed by atoms with Crippen LogP contribution in [-0.2, 0) is 0 Å². The summed E-state index contributed by atoms with van der Waals surface area (Å²) in [7, 11) is 0. The van der Waals surface area contributed by atoms with Crippen LogP contribution in [0.1, 0.15) is 0 Å². The van der Waals surface area contributed by atoms with Crippen molar-refractivity contribution in [3.63, 3.8) is 0 Å². The van der Waals surface area contributed by atoms with Crippen LogP contribution in [0.5, 0.6) is 0 Å². The Balaban J connectivity index is 4.22. The number of aliphatic hydroxyl groups excluding tert-OH is 7. The smallest absolute Gasteiger partial charge is 0.111 e. The predicted octanol–water partition coefficient (Wildman–Crippen LogP) is -4.22. The van der Waals surface area contributed by atoms with Crippen LogP contribution in [0.2, 0.25) is 0 Å². The Bertz CT molecular complexity index is 137. The van der Waals surface area contributed by atoms with E-state index in [-0.39, 0.29) is 0 Å². The molecule has 0 heterocycles. The van der Waals surface area contributed by atoms with Gasteiger partial charge >= 0.3 is 0 Å². The Kier molecular flexibility index (Phi) is 6.12. The lowest BCUT2D eigenvalue weighted by Crippen LogP contribution is -2.50. The quantitative estimate of drug-likeness (QED) is 0.236. The molecule has 0 radical (unpaired) electrons. The van der Waals surface area contributed by atoms with Gasteiger partial charge in [0.05, 0.1) is 13.2 Å². The van der Waals surface area contributed by atoms with Crippen LogP contribution < -0.4 is 0 Å². The Morgan fingerprint density at radius 3 is 1.07 bits per heavy atom. The molecule has 7 N–H and O–H groups in total. The zero-order chi connectivity index (χ0) is 11.3. The molecule has 7 heteroatoms. The van der Waals surface area contributed by atoms with E-state index in [1.165, 1.54) is 0 Å². The highest BCUT2D eigenvalue weighted by atomic mass is 16.4. The molecule has 0 aliphatic rings. The molecule has 86 valence electrons. The van der Waals surface area contributed by atoms with Crippen LogP contribution in [0, 0.1) is 0 Å². The molecule has 0 spiro atoms. The van der Waals surface area contributed by atoms with Gasteiger partial charge in [0.1, 0.15) is 30.5 Å². The van der Waals surface area contributed by atoms with Crippen molar-refractivity contribution in [3.8, 4) is 0 Å². The van der Waals surface area contributed by atoms with Gasteiger partial charge in [-0.1, -0.05) is 0 Å². The molecule has 0 bridgehead atoms. The first-order chi connectivity index (χ1) is 6.45. The molecule has 5 atom stereocenters. The lowest BCUT2D eigenvalue weighted by atomic mass is 10.00. The second kappa shape index (κ2) is 6.25. The summed E-state index contributed by atoms with van der Waals surface area (Å²) in [6, 6.07) is 0. The van der Waals surface area contributed by atoms with Gasteiger partial charge in [-0.25, -0.2) is 0 Å². The zero-order valence-corrected chi connectivity index (χ0v) is 7.43. The summed E-state index contributed by atoms with van der Waals surface area (Å²) in [6.07, 6.45) is -8.68. The van der Waals surface area contributed by atoms with Crippen molar-refractivity contribution in [2.24, 2.45) is 0 Å². The highest BCUT2D eigenvalue weighted by Crippen LogP contribution is 2.07. The van der Waals surface area contributed by atoms with Crippen molar-refractivity contribution >= 4 is 0 Å². The molecule has 0 aromatic heterocycles. The van der Waals surface area contributed by atoms with Crippen molar-refractivity contribution in [3.05, 3.63) is 0 Å². The third-order valence-electron chi connectivity index (χ3n) is 1.86. The van der Waals surface area contributed by atoms with Gasteiger partial charge < -0.3 is 35.7 Å². The van der Waals surface area contributed by atoms with Gasteiger partial charge in [0.15, 0.2) is 0 Å². The summed E-state index contributed by atoms with van der Waals surface area (Å²) in [6.45, 7) is -1.58. The van der Waals surface area contributed by atoms with Crippen molar-refractivity contribution in [2.75, 3.05) is 13.2 Å². The molecule has 0 aliphatic carbocycles. The van der Waals surface area contributed by atoms with Gasteiger partial charge in [-0.3, -0.25) is 0 Å². The zero-order valence-electron chi connectivity index (χ0n) is 7.43. The maximum atomic E-state index is 9.15. The average Bonchev–Trinajstić information content (AvgIpc) is 2.23. The van der Waals surface area contributed by atoms with Gasteiger partial charge in [-0.15, -0.1) is 0 Å². The van der Waals surface area contributed by atoms with Crippen LogP contribution in [0.3, 0.4) is 0 Å². The van der Waals surface area contributed by atoms with Gasteiger partial charge in [0.2, 0.25) is 0 Å². The van der Waals surface area contributed by atoms with E-state index in [0.717, 1.165) is 0 Å². The third kappa shape index (κ3) is 3.46. The second-order valence-corrected chi connectivity index (χ2v) is 2.97. The van der Waals surface area contributed by atoms with Crippen molar-refractivity contribution in [2.45, 2.75) is 30.5 Å². The first-order valence-electron chi connectivity index (χ1n) is 4.07. The Morgan fingerprint density at radius 2 is 0.857 bits per heavy atom. The molecule has 0 aliphatic heterocycles. The number of aliphatic hydroxyl groups is 7. The topological polar surface area (TPSA) is 142 Å². The van der Waals surface area contributed by atoms with Crippen LogP contribution in [-0.4, -0.2) is 79.5 Å². The van der Waals surface area contributed by atoms with Crippen molar-refractivity contribution < 1.29 is 35.7 Å². The Labute approximate surface area is 80.5 Å². The first kappa shape index (κ1) is 13.7. The highest BCUT2D eigenvalue weighted by molar-refractivity contribution is 4.84. The fraction of sp³-hybridized carbons (Fsp3) is 1.00. The molecule has 0 aromatic carbocycles. The van der Waals surface area contributed by atoms with Gasteiger partial charge in [0.25, 0.3) is 0 Å². The fourth-order valence-corrected chi connectivity index (χ4v) is 0.873. The molecule has 7 nitrogen and oxygen atoms in total. The molecular formula is C7H16O7. The van der Waals surface area contributed by atoms with E-state index in [4.69, 9.17) is 35.7 Å². The van der Waals surface area contributed by atoms with Crippen LogP contribution >= 0.6 is 0 Å². The largest absolute Gasteiger partial charge is 0.394 e. The minimum atomic E-state index is -1.85. The average molecular weight is 212 g/mol. The highest BCUT2D eigenvalue weighted by Gasteiger charge is 2.33. The lowest BCUT2D eigenvalue weighted by Gasteiger charge is -2.27. The van der Waals surface area contributed by atoms with Gasteiger partial charge in [-0.05, 0) is 0 Å². The number of hydrogen-bond donors (Lipinski definition) is 7. The second-order valence-electron chi connectivity index (χ2n) is 2.97. The minimum Gasteiger partial charge on any atom is -0.394 e. The molecule has 0 aromatic rings. The van der Waals surface area contributed by atoms with E-state index in [1.807, 2.05) is 0 Å². The van der Waals surface area contributed by atoms with Crippen LogP contribution in [0.4, 0.5) is 0 Å². The van der Waals surface area contributed by atoms with Crippen molar-refractivity contribution in [1.82, 2.24) is 0 Å². The summed E-state index contributed by atoms with van der Waals surface area (Å²) in [5, 5.41) is 61.9. The molecule has 0 rings (SSSR count). The SMILES string of the molecule is OC[C@@H](O)[C@@H](O)[C@H](O)[C@H](O)[C@@H](O)CO. The molecule has 0 fully saturated rings. The van der Waals surface area contributed by atoms with E-state index in [9.17, 15) is 0 Å². The van der Waals surface area contributed by atoms with E-state index in [1.54, 1.807) is 0 Å². The maximum absolute atomic E-state index is 9.15. The minimum absolute atomic E-state index is 0.792. The summed E-state index contributed by atoms with van der Waals surface area (Å²) in [5.74, 6) is 0. The molecule has 0 amide bonds. The monoisotopic (exact) mass is 212 g/mol. The maximum Gasteiger partial charge on any atom is 0.111 e. The molecule has 0 saturated heterocycles. The first-order valence-corrected chi connectivity index (χ1v) is 4.07. The Hall–Kier alpha value is -0.280. The van der Waals surface area contributed by atoms with E-state index in [0.29, 0.717) is 0 Å². The van der Waals surface area contributed by atoms with E-state index < -0.39 is 43.7 Å². The standard InChI is InChI=1S/C7H16O7/c8-1-3(10)5(12)7(14)6(13)4(11)2-9/h3-14H,1-2H2/t3-,4+,5-,6-,7+/m1/s1. The van der Waals surface area contributed by atoms with E-state index in [2.05, 4.69) is 0 Å². The van der Waals surface area contributed by atoms with Gasteiger partial charge in [0, 0.05) is 0 Å². The number of rotatable bonds is 6. The summed E-state index contributed by atoms with van der Waals surface area (Å²) in [5.41, 5.74) is 0. The van der Waals surface area contributed by atoms with Gasteiger partial charge in [-0.2, -0.15) is 0 Å². The lowest BCUT2D eigenvalue weighted by molar-refractivity contribution is -0.145. The third-order valence-corrected chi connectivity index (χ3v) is 1.86. The van der Waals surface area contributed by atoms with E-state index >= 15 is 0 Å². The van der Waals surface area contributed by atoms with Crippen LogP contribution in [0.25, 0.3) is 0 Å². The number of hydrogen-bond acceptors (Lipinski definition) is 7. The van der Waals surface area contributed by atoms with Crippen LogP contribution in [0.15, 0.2) is 0 Å². The summed E-state index contributed by atoms with van der Waals surface area (Å²) in [4.78, 5) is 0. The Morgan fingerprint density at radius 1 is 0.571 bits per heavy atom. The normalized spacial score (nSPS) is 22.5. The van der Waals surface area contributed by atoms with Crippen molar-refractivity contribution in [1.29, 1.82) is 0 Å². The summed E-state index contributed by atoms with van der Waals surface area (Å²) >= 11 is 0. The molecule has 0 unspecified atom stereocenters. The molecule has 14 heavy (non-hydrogen) atoms. The summed E-state index contributed by atoms with van der Waals surface area (Å²) < 4.78 is 0. The fourth-order valence-electron chi connectivity index (χ4n) is 0.873. The predicted molar refractivity (Wildman–Crippen MR) is 44.2 cm³/mol. The molecule has 0 saturated carbocycles. The molecular weight excluding hydrogens is 196 g/mol.